The Morgan fingerprint density at radius 3 is 1.63 bits per heavy atom. The highest BCUT2D eigenvalue weighted by Gasteiger charge is 2.22. The molecule has 0 spiro atoms. The van der Waals surface area contributed by atoms with E-state index in [4.69, 9.17) is 4.42 Å². The van der Waals surface area contributed by atoms with Crippen molar-refractivity contribution in [2.45, 2.75) is 6.42 Å². The number of rotatable bonds is 7. The maximum absolute atomic E-state index is 6.43. The van der Waals surface area contributed by atoms with Crippen LogP contribution in [-0.4, -0.2) is 0 Å². The Labute approximate surface area is 332 Å². The largest absolute Gasteiger partial charge is 0.455 e. The second kappa shape index (κ2) is 13.7. The normalized spacial score (nSPS) is 11.8. The van der Waals surface area contributed by atoms with E-state index in [2.05, 4.69) is 205 Å². The molecule has 0 fully saturated rings. The van der Waals surface area contributed by atoms with Gasteiger partial charge in [0.05, 0.1) is 0 Å². The van der Waals surface area contributed by atoms with Crippen molar-refractivity contribution in [1.82, 2.24) is 0 Å². The predicted octanol–water partition coefficient (Wildman–Crippen LogP) is 15.3. The lowest BCUT2D eigenvalue weighted by Crippen LogP contribution is -2.10. The highest BCUT2D eigenvalue weighted by molar-refractivity contribution is 6.09. The lowest BCUT2D eigenvalue weighted by atomic mass is 9.95. The van der Waals surface area contributed by atoms with Crippen molar-refractivity contribution in [1.29, 1.82) is 0 Å². The van der Waals surface area contributed by atoms with Crippen LogP contribution in [0.25, 0.3) is 77.6 Å². The fourth-order valence-corrected chi connectivity index (χ4v) is 8.74. The summed E-state index contributed by atoms with van der Waals surface area (Å²) >= 11 is 0. The molecule has 10 aromatic rings. The van der Waals surface area contributed by atoms with E-state index < -0.39 is 0 Å². The minimum Gasteiger partial charge on any atom is -0.455 e. The summed E-state index contributed by atoms with van der Waals surface area (Å²) < 4.78 is 6.43. The number of anilines is 3. The van der Waals surface area contributed by atoms with Crippen LogP contribution in [-0.2, 0) is 6.42 Å². The van der Waals surface area contributed by atoms with Gasteiger partial charge < -0.3 is 9.32 Å². The van der Waals surface area contributed by atoms with E-state index in [1.54, 1.807) is 0 Å². The predicted molar refractivity (Wildman–Crippen MR) is 238 cm³/mol. The molecule has 0 radical (unpaired) electrons. The third-order valence-corrected chi connectivity index (χ3v) is 11.6. The van der Waals surface area contributed by atoms with Crippen molar-refractivity contribution in [3.8, 4) is 55.6 Å². The van der Waals surface area contributed by atoms with Gasteiger partial charge in [-0.15, -0.1) is 0 Å². The summed E-state index contributed by atoms with van der Waals surface area (Å²) in [7, 11) is 0. The minimum absolute atomic E-state index is 0.908. The summed E-state index contributed by atoms with van der Waals surface area (Å²) in [6.07, 6.45) is 0.947. The molecule has 0 saturated heterocycles. The molecule has 0 N–H and O–H groups in total. The van der Waals surface area contributed by atoms with Crippen LogP contribution >= 0.6 is 0 Å². The van der Waals surface area contributed by atoms with Crippen LogP contribution in [0.5, 0.6) is 0 Å². The number of fused-ring (bicyclic) bond motifs is 6. The third kappa shape index (κ3) is 5.82. The topological polar surface area (TPSA) is 16.4 Å². The second-order valence-corrected chi connectivity index (χ2v) is 14.9. The molecule has 0 bridgehead atoms. The van der Waals surface area contributed by atoms with Crippen LogP contribution in [0, 0.1) is 0 Å². The molecule has 9 aromatic carbocycles. The molecule has 2 nitrogen and oxygen atoms in total. The van der Waals surface area contributed by atoms with Gasteiger partial charge in [-0.05, 0) is 110 Å². The highest BCUT2D eigenvalue weighted by Crippen LogP contribution is 2.44. The standard InChI is InChI=1S/C55H37NO/c1-2-11-37(12-3-1)38-23-25-39(26-24-38)40-27-31-44(32-28-40)56(45-33-29-41(30-34-45)49-19-10-21-52-51-17-6-7-22-54(51)57-55(49)52)46-15-8-14-42(35-46)48-18-9-20-50-47-16-5-4-13-43(47)36-53(48)50/h1-35H,36H2. The molecular formula is C55H37NO. The fraction of sp³-hybridized carbons (Fsp3) is 0.0182. The Balaban J connectivity index is 0.988. The van der Waals surface area contributed by atoms with Crippen molar-refractivity contribution >= 4 is 39.0 Å². The summed E-state index contributed by atoms with van der Waals surface area (Å²) in [4.78, 5) is 2.37. The third-order valence-electron chi connectivity index (χ3n) is 11.6. The highest BCUT2D eigenvalue weighted by atomic mass is 16.3. The molecule has 0 amide bonds. The number of hydrogen-bond acceptors (Lipinski definition) is 2. The molecule has 0 atom stereocenters. The Morgan fingerprint density at radius 1 is 0.333 bits per heavy atom. The molecule has 0 unspecified atom stereocenters. The molecule has 57 heavy (non-hydrogen) atoms. The fourth-order valence-electron chi connectivity index (χ4n) is 8.74. The monoisotopic (exact) mass is 727 g/mol. The summed E-state index contributed by atoms with van der Waals surface area (Å²) in [6, 6.07) is 76.5. The maximum atomic E-state index is 6.43. The molecule has 1 aliphatic rings. The maximum Gasteiger partial charge on any atom is 0.143 e. The number of para-hydroxylation sites is 2. The van der Waals surface area contributed by atoms with Gasteiger partial charge in [-0.1, -0.05) is 170 Å². The number of nitrogens with zero attached hydrogens (tertiary/aromatic N) is 1. The van der Waals surface area contributed by atoms with Gasteiger partial charge in [0.15, 0.2) is 0 Å². The van der Waals surface area contributed by atoms with Crippen molar-refractivity contribution < 1.29 is 4.42 Å². The van der Waals surface area contributed by atoms with Gasteiger partial charge in [0.2, 0.25) is 0 Å². The Morgan fingerprint density at radius 2 is 0.860 bits per heavy atom. The van der Waals surface area contributed by atoms with Crippen LogP contribution < -0.4 is 4.90 Å². The van der Waals surface area contributed by atoms with E-state index in [0.717, 1.165) is 56.5 Å². The number of furan rings is 1. The van der Waals surface area contributed by atoms with Crippen LogP contribution in [0.2, 0.25) is 0 Å². The van der Waals surface area contributed by atoms with Gasteiger partial charge in [0.25, 0.3) is 0 Å². The molecule has 11 rings (SSSR count). The smallest absolute Gasteiger partial charge is 0.143 e. The van der Waals surface area contributed by atoms with Crippen molar-refractivity contribution in [2.75, 3.05) is 4.90 Å². The summed E-state index contributed by atoms with van der Waals surface area (Å²) in [5.41, 5.74) is 20.1. The summed E-state index contributed by atoms with van der Waals surface area (Å²) in [5.74, 6) is 0. The second-order valence-electron chi connectivity index (χ2n) is 14.9. The van der Waals surface area contributed by atoms with Gasteiger partial charge >= 0.3 is 0 Å². The summed E-state index contributed by atoms with van der Waals surface area (Å²) in [6.45, 7) is 0. The van der Waals surface area contributed by atoms with E-state index in [1.807, 2.05) is 12.1 Å². The molecule has 1 heterocycles. The minimum atomic E-state index is 0.908. The van der Waals surface area contributed by atoms with Crippen LogP contribution in [0.3, 0.4) is 0 Å². The Hall–Kier alpha value is -7.42. The lowest BCUT2D eigenvalue weighted by Gasteiger charge is -2.26. The van der Waals surface area contributed by atoms with E-state index >= 15 is 0 Å². The number of benzene rings is 9. The van der Waals surface area contributed by atoms with E-state index in [-0.39, 0.29) is 0 Å². The zero-order valence-corrected chi connectivity index (χ0v) is 31.3. The molecule has 0 aliphatic heterocycles. The van der Waals surface area contributed by atoms with Gasteiger partial charge in [0, 0.05) is 33.4 Å². The van der Waals surface area contributed by atoms with E-state index in [9.17, 15) is 0 Å². The number of hydrogen-bond donors (Lipinski definition) is 0. The van der Waals surface area contributed by atoms with Crippen molar-refractivity contribution in [2.24, 2.45) is 0 Å². The lowest BCUT2D eigenvalue weighted by molar-refractivity contribution is 0.670. The van der Waals surface area contributed by atoms with E-state index in [1.165, 1.54) is 55.6 Å². The molecule has 1 aliphatic carbocycles. The first kappa shape index (κ1) is 33.0. The Bertz CT molecular complexity index is 3070. The van der Waals surface area contributed by atoms with E-state index in [0.29, 0.717) is 0 Å². The van der Waals surface area contributed by atoms with Crippen LogP contribution in [0.15, 0.2) is 217 Å². The van der Waals surface area contributed by atoms with Gasteiger partial charge in [0.1, 0.15) is 11.2 Å². The van der Waals surface area contributed by atoms with Crippen LogP contribution in [0.1, 0.15) is 11.1 Å². The average Bonchev–Trinajstić information content (AvgIpc) is 3.86. The van der Waals surface area contributed by atoms with Gasteiger partial charge in [-0.25, -0.2) is 0 Å². The zero-order valence-electron chi connectivity index (χ0n) is 31.3. The molecule has 1 aromatic heterocycles. The molecule has 268 valence electrons. The summed E-state index contributed by atoms with van der Waals surface area (Å²) in [5, 5.41) is 2.27. The first-order valence-electron chi connectivity index (χ1n) is 19.6. The molecule has 2 heteroatoms. The Kier molecular flexibility index (Phi) is 7.93. The van der Waals surface area contributed by atoms with Gasteiger partial charge in [-0.3, -0.25) is 0 Å². The van der Waals surface area contributed by atoms with Crippen molar-refractivity contribution in [3.05, 3.63) is 223 Å². The first-order valence-corrected chi connectivity index (χ1v) is 19.6. The average molecular weight is 728 g/mol. The van der Waals surface area contributed by atoms with Crippen molar-refractivity contribution in [3.63, 3.8) is 0 Å². The SMILES string of the molecule is c1ccc(-c2ccc(-c3ccc(N(c4ccc(-c5cccc6c5oc5ccccc56)cc4)c4cccc(-c5cccc6c5Cc5ccccc5-6)c4)cc3)cc2)cc1. The van der Waals surface area contributed by atoms with Gasteiger partial charge in [-0.2, -0.15) is 0 Å². The first-order chi connectivity index (χ1) is 28.2. The molecular weight excluding hydrogens is 691 g/mol. The van der Waals surface area contributed by atoms with Crippen LogP contribution in [0.4, 0.5) is 17.1 Å². The molecule has 0 saturated carbocycles. The quantitative estimate of drug-likeness (QED) is 0.163. The zero-order chi connectivity index (χ0) is 37.7.